The molecule has 0 saturated carbocycles. The van der Waals surface area contributed by atoms with Crippen LogP contribution >= 0.6 is 11.8 Å². The Morgan fingerprint density at radius 3 is 2.36 bits per heavy atom. The van der Waals surface area contributed by atoms with Crippen LogP contribution in [0.3, 0.4) is 0 Å². The number of nitrogens with zero attached hydrogens (tertiary/aromatic N) is 2. The summed E-state index contributed by atoms with van der Waals surface area (Å²) in [6.45, 7) is 5.16. The molecule has 1 heterocycles. The molecule has 0 aliphatic carbocycles. The maximum Gasteiger partial charge on any atom is 0.255 e. The molecule has 4 nitrogen and oxygen atoms in total. The van der Waals surface area contributed by atoms with Gasteiger partial charge in [-0.15, -0.1) is 0 Å². The third-order valence-corrected chi connectivity index (χ3v) is 5.20. The lowest BCUT2D eigenvalue weighted by Gasteiger charge is -2.35. The number of amides is 1. The summed E-state index contributed by atoms with van der Waals surface area (Å²) in [6, 6.07) is 17.2. The predicted molar refractivity (Wildman–Crippen MR) is 97.6 cm³/mol. The summed E-state index contributed by atoms with van der Waals surface area (Å²) in [5.41, 5.74) is 1.28. The van der Waals surface area contributed by atoms with E-state index in [4.69, 9.17) is 4.74 Å². The van der Waals surface area contributed by atoms with Gasteiger partial charge in [0.25, 0.3) is 5.91 Å². The van der Waals surface area contributed by atoms with Crippen molar-refractivity contribution in [3.05, 3.63) is 59.7 Å². The van der Waals surface area contributed by atoms with E-state index in [-0.39, 0.29) is 18.1 Å². The van der Waals surface area contributed by atoms with Gasteiger partial charge in [0, 0.05) is 22.9 Å². The lowest BCUT2D eigenvalue weighted by molar-refractivity contribution is -0.0586. The molecule has 25 heavy (non-hydrogen) atoms. The minimum atomic E-state index is 0.0135. The van der Waals surface area contributed by atoms with E-state index >= 15 is 0 Å². The quantitative estimate of drug-likeness (QED) is 0.839. The van der Waals surface area contributed by atoms with Crippen molar-refractivity contribution in [1.29, 1.82) is 5.26 Å². The van der Waals surface area contributed by atoms with Gasteiger partial charge in [-0.25, -0.2) is 0 Å². The molecule has 0 radical (unpaired) electrons. The molecule has 0 N–H and O–H groups in total. The van der Waals surface area contributed by atoms with Crippen LogP contribution < -0.4 is 0 Å². The fourth-order valence-electron chi connectivity index (χ4n) is 3.01. The highest BCUT2D eigenvalue weighted by Crippen LogP contribution is 2.33. The number of rotatable bonds is 3. The number of carbonyl (C=O) groups excluding carboxylic acids is 1. The van der Waals surface area contributed by atoms with E-state index in [1.165, 1.54) is 11.8 Å². The lowest BCUT2D eigenvalue weighted by atomic mass is 10.1. The van der Waals surface area contributed by atoms with Crippen LogP contribution in [0.2, 0.25) is 0 Å². The van der Waals surface area contributed by atoms with Gasteiger partial charge in [-0.3, -0.25) is 4.79 Å². The molecular weight excluding hydrogens is 332 g/mol. The summed E-state index contributed by atoms with van der Waals surface area (Å²) < 4.78 is 5.72. The van der Waals surface area contributed by atoms with Gasteiger partial charge in [-0.05, 0) is 38.1 Å². The van der Waals surface area contributed by atoms with Gasteiger partial charge in [0.05, 0.1) is 23.3 Å². The van der Waals surface area contributed by atoms with Crippen LogP contribution in [0.5, 0.6) is 0 Å². The second kappa shape index (κ2) is 7.73. The SMILES string of the molecule is C[C@@H]1CN(C(=O)c2ccccc2Sc2ccccc2C#N)C[C@@H](C)O1. The highest BCUT2D eigenvalue weighted by molar-refractivity contribution is 7.99. The number of benzene rings is 2. The minimum absolute atomic E-state index is 0.0135. The zero-order valence-electron chi connectivity index (χ0n) is 14.3. The molecule has 1 aliphatic heterocycles. The van der Waals surface area contributed by atoms with E-state index in [9.17, 15) is 10.1 Å². The zero-order chi connectivity index (χ0) is 17.8. The summed E-state index contributed by atoms with van der Waals surface area (Å²) >= 11 is 1.46. The van der Waals surface area contributed by atoms with Gasteiger partial charge in [0.2, 0.25) is 0 Å². The Morgan fingerprint density at radius 2 is 1.68 bits per heavy atom. The van der Waals surface area contributed by atoms with E-state index in [0.29, 0.717) is 24.2 Å². The molecule has 2 aromatic rings. The van der Waals surface area contributed by atoms with E-state index < -0.39 is 0 Å². The van der Waals surface area contributed by atoms with Crippen molar-refractivity contribution in [3.63, 3.8) is 0 Å². The van der Waals surface area contributed by atoms with Gasteiger partial charge < -0.3 is 9.64 Å². The Kier molecular flexibility index (Phi) is 5.42. The molecule has 0 unspecified atom stereocenters. The standard InChI is InChI=1S/C20H20N2O2S/c1-14-12-22(13-15(2)24-14)20(23)17-8-4-6-10-19(17)25-18-9-5-3-7-16(18)11-21/h3-10,14-15H,12-13H2,1-2H3/t14-,15-/m1/s1. The van der Waals surface area contributed by atoms with Crippen LogP contribution in [0.25, 0.3) is 0 Å². The van der Waals surface area contributed by atoms with Gasteiger partial charge in [-0.2, -0.15) is 5.26 Å². The first-order valence-electron chi connectivity index (χ1n) is 8.29. The summed E-state index contributed by atoms with van der Waals surface area (Å²) in [6.07, 6.45) is 0.0682. The Balaban J connectivity index is 1.88. The number of hydrogen-bond donors (Lipinski definition) is 0. The number of morpholine rings is 1. The fourth-order valence-corrected chi connectivity index (χ4v) is 4.03. The molecule has 2 aromatic carbocycles. The van der Waals surface area contributed by atoms with Crippen LogP contribution in [-0.4, -0.2) is 36.1 Å². The fraction of sp³-hybridized carbons (Fsp3) is 0.300. The molecule has 0 bridgehead atoms. The van der Waals surface area contributed by atoms with Gasteiger partial charge in [0.1, 0.15) is 6.07 Å². The molecule has 0 spiro atoms. The molecule has 3 rings (SSSR count). The van der Waals surface area contributed by atoms with Crippen molar-refractivity contribution < 1.29 is 9.53 Å². The van der Waals surface area contributed by atoms with Gasteiger partial charge >= 0.3 is 0 Å². The van der Waals surface area contributed by atoms with E-state index in [1.807, 2.05) is 61.2 Å². The van der Waals surface area contributed by atoms with E-state index in [2.05, 4.69) is 6.07 Å². The Hall–Kier alpha value is -2.29. The Morgan fingerprint density at radius 1 is 1.08 bits per heavy atom. The number of hydrogen-bond acceptors (Lipinski definition) is 4. The second-order valence-corrected chi connectivity index (χ2v) is 7.26. The maximum absolute atomic E-state index is 13.0. The first kappa shape index (κ1) is 17.5. The molecule has 2 atom stereocenters. The number of carbonyl (C=O) groups is 1. The van der Waals surface area contributed by atoms with Crippen molar-refractivity contribution in [2.75, 3.05) is 13.1 Å². The predicted octanol–water partition coefficient (Wildman–Crippen LogP) is 3.96. The maximum atomic E-state index is 13.0. The average Bonchev–Trinajstić information content (AvgIpc) is 2.61. The first-order chi connectivity index (χ1) is 12.1. The van der Waals surface area contributed by atoms with E-state index in [1.54, 1.807) is 6.07 Å². The summed E-state index contributed by atoms with van der Waals surface area (Å²) in [4.78, 5) is 16.6. The Labute approximate surface area is 152 Å². The van der Waals surface area contributed by atoms with E-state index in [0.717, 1.165) is 9.79 Å². The van der Waals surface area contributed by atoms with Crippen molar-refractivity contribution in [3.8, 4) is 6.07 Å². The van der Waals surface area contributed by atoms with Crippen molar-refractivity contribution in [1.82, 2.24) is 4.90 Å². The average molecular weight is 352 g/mol. The van der Waals surface area contributed by atoms with Crippen molar-refractivity contribution in [2.24, 2.45) is 0 Å². The summed E-state index contributed by atoms with van der Waals surface area (Å²) in [7, 11) is 0. The van der Waals surface area contributed by atoms with Crippen LogP contribution in [0.4, 0.5) is 0 Å². The molecular formula is C20H20N2O2S. The van der Waals surface area contributed by atoms with Crippen molar-refractivity contribution >= 4 is 17.7 Å². The zero-order valence-corrected chi connectivity index (χ0v) is 15.1. The molecule has 1 aliphatic rings. The molecule has 1 amide bonds. The smallest absolute Gasteiger partial charge is 0.255 e. The highest BCUT2D eigenvalue weighted by atomic mass is 32.2. The highest BCUT2D eigenvalue weighted by Gasteiger charge is 2.27. The van der Waals surface area contributed by atoms with Crippen LogP contribution in [-0.2, 0) is 4.74 Å². The summed E-state index contributed by atoms with van der Waals surface area (Å²) in [5.74, 6) is 0.0135. The number of nitriles is 1. The normalized spacial score (nSPS) is 20.1. The van der Waals surface area contributed by atoms with Crippen molar-refractivity contribution in [2.45, 2.75) is 35.8 Å². The first-order valence-corrected chi connectivity index (χ1v) is 9.11. The number of ether oxygens (including phenoxy) is 1. The second-order valence-electron chi connectivity index (χ2n) is 6.17. The van der Waals surface area contributed by atoms with Crippen LogP contribution in [0.1, 0.15) is 29.8 Å². The third-order valence-electron chi connectivity index (χ3n) is 4.05. The monoisotopic (exact) mass is 352 g/mol. The van der Waals surface area contributed by atoms with Gasteiger partial charge in [-0.1, -0.05) is 36.0 Å². The molecule has 128 valence electrons. The summed E-state index contributed by atoms with van der Waals surface area (Å²) in [5, 5.41) is 9.28. The third kappa shape index (κ3) is 4.04. The molecule has 5 heteroatoms. The lowest BCUT2D eigenvalue weighted by Crippen LogP contribution is -2.48. The Bertz CT molecular complexity index is 805. The molecule has 0 aromatic heterocycles. The largest absolute Gasteiger partial charge is 0.372 e. The molecule has 1 saturated heterocycles. The molecule has 1 fully saturated rings. The topological polar surface area (TPSA) is 53.3 Å². The van der Waals surface area contributed by atoms with Crippen LogP contribution in [0, 0.1) is 11.3 Å². The van der Waals surface area contributed by atoms with Gasteiger partial charge in [0.15, 0.2) is 0 Å². The van der Waals surface area contributed by atoms with Crippen LogP contribution in [0.15, 0.2) is 58.3 Å². The minimum Gasteiger partial charge on any atom is -0.372 e.